The molecule has 1 aromatic carbocycles. The number of benzene rings is 1. The zero-order chi connectivity index (χ0) is 14.7. The van der Waals surface area contributed by atoms with Gasteiger partial charge in [0.2, 0.25) is 5.91 Å². The Morgan fingerprint density at radius 2 is 1.86 bits per heavy atom. The van der Waals surface area contributed by atoms with E-state index in [1.165, 1.54) is 6.42 Å². The Balaban J connectivity index is 1.94. The average Bonchev–Trinajstić information content (AvgIpc) is 2.55. The lowest BCUT2D eigenvalue weighted by Gasteiger charge is -2.41. The summed E-state index contributed by atoms with van der Waals surface area (Å²) in [7, 11) is 0. The summed E-state index contributed by atoms with van der Waals surface area (Å²) in [6.45, 7) is 2.72. The molecule has 2 aliphatic rings. The quantitative estimate of drug-likeness (QED) is 0.838. The maximum absolute atomic E-state index is 13.2. The molecule has 1 saturated heterocycles. The van der Waals surface area contributed by atoms with Gasteiger partial charge in [0.15, 0.2) is 0 Å². The predicted molar refractivity (Wildman–Crippen MR) is 83.6 cm³/mol. The molecule has 1 heterocycles. The van der Waals surface area contributed by atoms with Crippen LogP contribution in [0.1, 0.15) is 37.7 Å². The highest BCUT2D eigenvalue weighted by Crippen LogP contribution is 2.41. The second-order valence-corrected chi connectivity index (χ2v) is 6.49. The normalized spacial score (nSPS) is 22.0. The summed E-state index contributed by atoms with van der Waals surface area (Å²) >= 11 is 6.17. The van der Waals surface area contributed by atoms with E-state index in [2.05, 4.69) is 6.07 Å². The molecule has 2 fully saturated rings. The van der Waals surface area contributed by atoms with Crippen molar-refractivity contribution in [3.8, 4) is 0 Å². The van der Waals surface area contributed by atoms with Crippen molar-refractivity contribution in [2.45, 2.75) is 37.5 Å². The lowest BCUT2D eigenvalue weighted by atomic mass is 9.68. The van der Waals surface area contributed by atoms with Gasteiger partial charge in [-0.3, -0.25) is 4.79 Å². The first-order chi connectivity index (χ1) is 10.2. The van der Waals surface area contributed by atoms with Crippen LogP contribution in [0.4, 0.5) is 0 Å². The number of carbonyl (C=O) groups excluding carboxylic acids is 1. The first-order valence-electron chi connectivity index (χ1n) is 7.85. The van der Waals surface area contributed by atoms with Crippen molar-refractivity contribution in [3.63, 3.8) is 0 Å². The molecular formula is C17H22ClNO2. The molecule has 0 spiro atoms. The van der Waals surface area contributed by atoms with Crippen LogP contribution in [-0.4, -0.2) is 37.1 Å². The van der Waals surface area contributed by atoms with Crippen molar-refractivity contribution < 1.29 is 9.53 Å². The summed E-state index contributed by atoms with van der Waals surface area (Å²) < 4.78 is 5.38. The van der Waals surface area contributed by atoms with Gasteiger partial charge in [-0.05, 0) is 30.5 Å². The van der Waals surface area contributed by atoms with E-state index in [0.717, 1.165) is 31.2 Å². The molecule has 0 N–H and O–H groups in total. The molecule has 1 saturated carbocycles. The van der Waals surface area contributed by atoms with E-state index in [0.29, 0.717) is 31.3 Å². The fraction of sp³-hybridized carbons (Fsp3) is 0.588. The van der Waals surface area contributed by atoms with Crippen LogP contribution in [0.5, 0.6) is 0 Å². The second kappa shape index (κ2) is 6.37. The van der Waals surface area contributed by atoms with Crippen LogP contribution >= 0.6 is 11.6 Å². The molecule has 0 aromatic heterocycles. The van der Waals surface area contributed by atoms with Crippen LogP contribution in [0.3, 0.4) is 0 Å². The van der Waals surface area contributed by atoms with Gasteiger partial charge >= 0.3 is 0 Å². The van der Waals surface area contributed by atoms with Gasteiger partial charge in [0, 0.05) is 18.1 Å². The largest absolute Gasteiger partial charge is 0.378 e. The average molecular weight is 308 g/mol. The number of hydrogen-bond donors (Lipinski definition) is 0. The Kier molecular flexibility index (Phi) is 4.51. The van der Waals surface area contributed by atoms with Gasteiger partial charge in [-0.15, -0.1) is 0 Å². The number of rotatable bonds is 2. The van der Waals surface area contributed by atoms with Crippen LogP contribution in [0.15, 0.2) is 24.3 Å². The van der Waals surface area contributed by atoms with E-state index in [1.807, 2.05) is 23.1 Å². The molecule has 0 unspecified atom stereocenters. The van der Waals surface area contributed by atoms with Crippen LogP contribution < -0.4 is 0 Å². The smallest absolute Gasteiger partial charge is 0.233 e. The lowest BCUT2D eigenvalue weighted by Crippen LogP contribution is -2.51. The van der Waals surface area contributed by atoms with Gasteiger partial charge in [-0.2, -0.15) is 0 Å². The summed E-state index contributed by atoms with van der Waals surface area (Å²) in [6.07, 6.45) is 5.32. The summed E-state index contributed by atoms with van der Waals surface area (Å²) in [4.78, 5) is 15.2. The molecule has 1 aliphatic heterocycles. The lowest BCUT2D eigenvalue weighted by molar-refractivity contribution is -0.143. The standard InChI is InChI=1S/C17H22ClNO2/c18-15-6-4-5-14(13-15)17(7-2-1-3-8-17)16(20)19-9-11-21-12-10-19/h4-6,13H,1-3,7-12H2. The van der Waals surface area contributed by atoms with Crippen molar-refractivity contribution in [3.05, 3.63) is 34.9 Å². The molecule has 3 nitrogen and oxygen atoms in total. The van der Waals surface area contributed by atoms with Gasteiger partial charge in [-0.1, -0.05) is 43.0 Å². The Morgan fingerprint density at radius 3 is 2.52 bits per heavy atom. The van der Waals surface area contributed by atoms with E-state index in [-0.39, 0.29) is 11.3 Å². The molecule has 21 heavy (non-hydrogen) atoms. The molecule has 0 bridgehead atoms. The molecule has 4 heteroatoms. The molecule has 0 radical (unpaired) electrons. The Hall–Kier alpha value is -1.06. The minimum absolute atomic E-state index is 0.271. The van der Waals surface area contributed by atoms with E-state index in [9.17, 15) is 4.79 Å². The summed E-state index contributed by atoms with van der Waals surface area (Å²) in [5, 5.41) is 0.715. The van der Waals surface area contributed by atoms with Gasteiger partial charge in [0.1, 0.15) is 0 Å². The molecule has 3 rings (SSSR count). The number of nitrogens with zero attached hydrogens (tertiary/aromatic N) is 1. The minimum Gasteiger partial charge on any atom is -0.378 e. The number of halogens is 1. The summed E-state index contributed by atoms with van der Waals surface area (Å²) in [5.74, 6) is 0.271. The second-order valence-electron chi connectivity index (χ2n) is 6.06. The van der Waals surface area contributed by atoms with E-state index in [4.69, 9.17) is 16.3 Å². The van der Waals surface area contributed by atoms with Crippen molar-refractivity contribution in [1.29, 1.82) is 0 Å². The van der Waals surface area contributed by atoms with Crippen molar-refractivity contribution >= 4 is 17.5 Å². The van der Waals surface area contributed by atoms with E-state index < -0.39 is 0 Å². The number of carbonyl (C=O) groups is 1. The highest BCUT2D eigenvalue weighted by Gasteiger charge is 2.43. The topological polar surface area (TPSA) is 29.5 Å². The Morgan fingerprint density at radius 1 is 1.14 bits per heavy atom. The third kappa shape index (κ3) is 2.95. The highest BCUT2D eigenvalue weighted by molar-refractivity contribution is 6.30. The van der Waals surface area contributed by atoms with Gasteiger partial charge < -0.3 is 9.64 Å². The van der Waals surface area contributed by atoms with Crippen LogP contribution in [-0.2, 0) is 14.9 Å². The van der Waals surface area contributed by atoms with Crippen LogP contribution in [0.25, 0.3) is 0 Å². The van der Waals surface area contributed by atoms with Gasteiger partial charge in [-0.25, -0.2) is 0 Å². The minimum atomic E-state index is -0.375. The molecule has 1 aromatic rings. The van der Waals surface area contributed by atoms with Crippen molar-refractivity contribution in [2.75, 3.05) is 26.3 Å². The Bertz CT molecular complexity index is 505. The SMILES string of the molecule is O=C(N1CCOCC1)C1(c2cccc(Cl)c2)CCCCC1. The highest BCUT2D eigenvalue weighted by atomic mass is 35.5. The number of amides is 1. The molecule has 114 valence electrons. The molecule has 0 atom stereocenters. The third-order valence-electron chi connectivity index (χ3n) is 4.79. The van der Waals surface area contributed by atoms with Crippen molar-refractivity contribution in [1.82, 2.24) is 4.90 Å². The summed E-state index contributed by atoms with van der Waals surface area (Å²) in [6, 6.07) is 7.88. The van der Waals surface area contributed by atoms with Crippen molar-refractivity contribution in [2.24, 2.45) is 0 Å². The van der Waals surface area contributed by atoms with E-state index in [1.54, 1.807) is 0 Å². The molecule has 1 amide bonds. The molecular weight excluding hydrogens is 286 g/mol. The predicted octanol–water partition coefficient (Wildman–Crippen LogP) is 3.40. The zero-order valence-electron chi connectivity index (χ0n) is 12.3. The zero-order valence-corrected chi connectivity index (χ0v) is 13.1. The monoisotopic (exact) mass is 307 g/mol. The fourth-order valence-corrected chi connectivity index (χ4v) is 3.83. The first kappa shape index (κ1) is 14.9. The van der Waals surface area contributed by atoms with Gasteiger partial charge in [0.05, 0.1) is 18.6 Å². The van der Waals surface area contributed by atoms with Crippen LogP contribution in [0.2, 0.25) is 5.02 Å². The Labute approximate surface area is 131 Å². The number of morpholine rings is 1. The number of ether oxygens (including phenoxy) is 1. The van der Waals surface area contributed by atoms with E-state index >= 15 is 0 Å². The van der Waals surface area contributed by atoms with Gasteiger partial charge in [0.25, 0.3) is 0 Å². The maximum atomic E-state index is 13.2. The number of hydrogen-bond acceptors (Lipinski definition) is 2. The molecule has 1 aliphatic carbocycles. The third-order valence-corrected chi connectivity index (χ3v) is 5.03. The van der Waals surface area contributed by atoms with Crippen LogP contribution in [0, 0.1) is 0 Å². The summed E-state index contributed by atoms with van der Waals surface area (Å²) in [5.41, 5.74) is 0.715. The maximum Gasteiger partial charge on any atom is 0.233 e. The fourth-order valence-electron chi connectivity index (χ4n) is 3.64. The first-order valence-corrected chi connectivity index (χ1v) is 8.23.